The van der Waals surface area contributed by atoms with E-state index < -0.39 is 0 Å². The van der Waals surface area contributed by atoms with Crippen molar-refractivity contribution in [3.8, 4) is 0 Å². The van der Waals surface area contributed by atoms with E-state index in [2.05, 4.69) is 20.6 Å². The lowest BCUT2D eigenvalue weighted by molar-refractivity contribution is 0.0946. The van der Waals surface area contributed by atoms with Crippen LogP contribution in [0.1, 0.15) is 55.1 Å². The third-order valence-corrected chi connectivity index (χ3v) is 5.35. The van der Waals surface area contributed by atoms with E-state index in [0.29, 0.717) is 24.3 Å². The quantitative estimate of drug-likeness (QED) is 0.604. The van der Waals surface area contributed by atoms with E-state index in [9.17, 15) is 9.90 Å². The highest BCUT2D eigenvalue weighted by Crippen LogP contribution is 2.17. The second-order valence-electron chi connectivity index (χ2n) is 7.16. The van der Waals surface area contributed by atoms with Gasteiger partial charge in [0, 0.05) is 25.3 Å². The van der Waals surface area contributed by atoms with Gasteiger partial charge in [-0.05, 0) is 64.2 Å². The zero-order valence-electron chi connectivity index (χ0n) is 15.0. The molecular formula is C18H31N5O2. The Hall–Kier alpha value is -1.44. The van der Waals surface area contributed by atoms with Gasteiger partial charge in [-0.15, -0.1) is 0 Å². The number of aliphatic hydroxyl groups excluding tert-OH is 1. The molecule has 3 heterocycles. The molecule has 2 fully saturated rings. The molecule has 1 amide bonds. The molecule has 2 aliphatic rings. The number of nitrogens with one attached hydrogen (secondary N) is 2. The molecule has 0 aliphatic carbocycles. The van der Waals surface area contributed by atoms with Gasteiger partial charge in [0.05, 0.1) is 12.6 Å². The molecule has 0 saturated carbocycles. The first-order valence-electron chi connectivity index (χ1n) is 9.67. The van der Waals surface area contributed by atoms with Gasteiger partial charge in [-0.3, -0.25) is 14.4 Å². The molecule has 7 heteroatoms. The van der Waals surface area contributed by atoms with Gasteiger partial charge in [0.1, 0.15) is 5.69 Å². The maximum atomic E-state index is 12.2. The third kappa shape index (κ3) is 5.03. The normalized spacial score (nSPS) is 24.5. The van der Waals surface area contributed by atoms with Gasteiger partial charge >= 0.3 is 0 Å². The van der Waals surface area contributed by atoms with E-state index in [-0.39, 0.29) is 12.5 Å². The second-order valence-corrected chi connectivity index (χ2v) is 7.16. The molecule has 2 saturated heterocycles. The summed E-state index contributed by atoms with van der Waals surface area (Å²) < 4.78 is 1.92. The maximum Gasteiger partial charge on any atom is 0.271 e. The van der Waals surface area contributed by atoms with Crippen LogP contribution in [0.15, 0.2) is 12.3 Å². The zero-order valence-corrected chi connectivity index (χ0v) is 15.0. The Kier molecular flexibility index (Phi) is 6.84. The van der Waals surface area contributed by atoms with Crippen LogP contribution < -0.4 is 10.6 Å². The number of piperidine rings is 1. The molecule has 2 aliphatic heterocycles. The summed E-state index contributed by atoms with van der Waals surface area (Å²) in [6.07, 6.45) is 8.45. The highest BCUT2D eigenvalue weighted by atomic mass is 16.3. The molecule has 25 heavy (non-hydrogen) atoms. The van der Waals surface area contributed by atoms with E-state index in [4.69, 9.17) is 0 Å². The summed E-state index contributed by atoms with van der Waals surface area (Å²) in [5, 5.41) is 20.1. The smallest absolute Gasteiger partial charge is 0.271 e. The molecule has 0 spiro atoms. The van der Waals surface area contributed by atoms with Gasteiger partial charge in [0.2, 0.25) is 0 Å². The lowest BCUT2D eigenvalue weighted by atomic mass is 10.1. The van der Waals surface area contributed by atoms with Crippen LogP contribution >= 0.6 is 0 Å². The number of carbonyl (C=O) groups is 1. The van der Waals surface area contributed by atoms with Gasteiger partial charge in [0.25, 0.3) is 5.91 Å². The van der Waals surface area contributed by atoms with E-state index in [1.54, 1.807) is 6.07 Å². The number of aromatic nitrogens is 2. The number of hydrogen-bond donors (Lipinski definition) is 3. The average molecular weight is 349 g/mol. The number of rotatable bonds is 8. The number of amides is 1. The van der Waals surface area contributed by atoms with E-state index in [1.807, 2.05) is 10.9 Å². The Balaban J connectivity index is 1.34. The molecule has 2 atom stereocenters. The van der Waals surface area contributed by atoms with Crippen LogP contribution in [0.3, 0.4) is 0 Å². The van der Waals surface area contributed by atoms with E-state index in [0.717, 1.165) is 58.3 Å². The minimum Gasteiger partial charge on any atom is -0.395 e. The second kappa shape index (κ2) is 9.31. The summed E-state index contributed by atoms with van der Waals surface area (Å²) in [6.45, 7) is 5.02. The number of likely N-dealkylation sites (tertiary alicyclic amines) is 1. The first-order chi connectivity index (χ1) is 12.3. The van der Waals surface area contributed by atoms with E-state index in [1.165, 1.54) is 6.42 Å². The molecule has 7 nitrogen and oxygen atoms in total. The Morgan fingerprint density at radius 1 is 1.36 bits per heavy atom. The summed E-state index contributed by atoms with van der Waals surface area (Å²) >= 11 is 0. The molecule has 0 aromatic carbocycles. The molecule has 3 N–H and O–H groups in total. The number of unbranched alkanes of at least 4 members (excludes halogenated alkanes) is 1. The fourth-order valence-corrected chi connectivity index (χ4v) is 3.85. The van der Waals surface area contributed by atoms with Crippen molar-refractivity contribution in [1.29, 1.82) is 0 Å². The maximum absolute atomic E-state index is 12.2. The van der Waals surface area contributed by atoms with Crippen LogP contribution in [0.4, 0.5) is 0 Å². The van der Waals surface area contributed by atoms with Crippen molar-refractivity contribution >= 4 is 5.91 Å². The molecular weight excluding hydrogens is 318 g/mol. The lowest BCUT2D eigenvalue weighted by Gasteiger charge is -2.22. The van der Waals surface area contributed by atoms with Crippen molar-refractivity contribution in [2.24, 2.45) is 0 Å². The molecule has 3 rings (SSSR count). The van der Waals surface area contributed by atoms with Crippen LogP contribution in [0.5, 0.6) is 0 Å². The molecule has 1 aromatic heterocycles. The highest BCUT2D eigenvalue weighted by Gasteiger charge is 2.22. The summed E-state index contributed by atoms with van der Waals surface area (Å²) in [7, 11) is 0. The van der Waals surface area contributed by atoms with Crippen LogP contribution in [0.25, 0.3) is 0 Å². The minimum atomic E-state index is -0.0862. The van der Waals surface area contributed by atoms with Crippen LogP contribution in [-0.2, 0) is 0 Å². The summed E-state index contributed by atoms with van der Waals surface area (Å²) in [5.41, 5.74) is 0.505. The predicted molar refractivity (Wildman–Crippen MR) is 96.6 cm³/mol. The Morgan fingerprint density at radius 2 is 2.28 bits per heavy atom. The van der Waals surface area contributed by atoms with Crippen molar-refractivity contribution in [3.63, 3.8) is 0 Å². The van der Waals surface area contributed by atoms with Crippen LogP contribution in [0.2, 0.25) is 0 Å². The summed E-state index contributed by atoms with van der Waals surface area (Å²) in [4.78, 5) is 14.6. The molecule has 140 valence electrons. The first kappa shape index (κ1) is 18.4. The van der Waals surface area contributed by atoms with Crippen LogP contribution in [0, 0.1) is 0 Å². The van der Waals surface area contributed by atoms with Gasteiger partial charge in [-0.2, -0.15) is 5.10 Å². The average Bonchev–Trinajstić information content (AvgIpc) is 3.31. The summed E-state index contributed by atoms with van der Waals surface area (Å²) in [6, 6.07) is 2.50. The van der Waals surface area contributed by atoms with Crippen molar-refractivity contribution < 1.29 is 9.90 Å². The van der Waals surface area contributed by atoms with Crippen molar-refractivity contribution in [3.05, 3.63) is 18.0 Å². The van der Waals surface area contributed by atoms with Crippen molar-refractivity contribution in [2.75, 3.05) is 39.3 Å². The van der Waals surface area contributed by atoms with Gasteiger partial charge < -0.3 is 15.7 Å². The van der Waals surface area contributed by atoms with E-state index >= 15 is 0 Å². The Morgan fingerprint density at radius 3 is 3.08 bits per heavy atom. The number of carbonyl (C=O) groups excluding carboxylic acids is 1. The lowest BCUT2D eigenvalue weighted by Crippen LogP contribution is -2.33. The standard InChI is InChI=1S/C18H31N5O2/c24-14-16-6-4-11-22(16)10-2-1-9-20-18(25)17-7-12-23(21-17)15-5-3-8-19-13-15/h7,12,15-16,19,24H,1-6,8-11,13-14H2,(H,20,25). The fraction of sp³-hybridized carbons (Fsp3) is 0.778. The SMILES string of the molecule is O=C(NCCCCN1CCCC1CO)c1ccn(C2CCCNC2)n1. The van der Waals surface area contributed by atoms with Crippen molar-refractivity contribution in [1.82, 2.24) is 25.3 Å². The summed E-state index contributed by atoms with van der Waals surface area (Å²) in [5.74, 6) is -0.0862. The molecule has 0 radical (unpaired) electrons. The first-order valence-corrected chi connectivity index (χ1v) is 9.67. The molecule has 1 aromatic rings. The van der Waals surface area contributed by atoms with Crippen LogP contribution in [-0.4, -0.2) is 71.1 Å². The monoisotopic (exact) mass is 349 g/mol. The zero-order chi connectivity index (χ0) is 17.5. The predicted octanol–water partition coefficient (Wildman–Crippen LogP) is 0.774. The number of aliphatic hydroxyl groups is 1. The topological polar surface area (TPSA) is 82.4 Å². The van der Waals surface area contributed by atoms with Gasteiger partial charge in [-0.1, -0.05) is 0 Å². The Bertz CT molecular complexity index is 541. The van der Waals surface area contributed by atoms with Crippen molar-refractivity contribution in [2.45, 2.75) is 50.6 Å². The molecule has 2 unspecified atom stereocenters. The van der Waals surface area contributed by atoms with Gasteiger partial charge in [-0.25, -0.2) is 0 Å². The Labute approximate surface area is 149 Å². The third-order valence-electron chi connectivity index (χ3n) is 5.35. The fourth-order valence-electron chi connectivity index (χ4n) is 3.85. The highest BCUT2D eigenvalue weighted by molar-refractivity contribution is 5.92. The molecule has 0 bridgehead atoms. The number of nitrogens with zero attached hydrogens (tertiary/aromatic N) is 3. The van der Waals surface area contributed by atoms with Gasteiger partial charge in [0.15, 0.2) is 0 Å². The largest absolute Gasteiger partial charge is 0.395 e. The minimum absolute atomic E-state index is 0.0862. The number of hydrogen-bond acceptors (Lipinski definition) is 5.